The van der Waals surface area contributed by atoms with Gasteiger partial charge < -0.3 is 4.90 Å². The smallest absolute Gasteiger partial charge is 0.00845 e. The summed E-state index contributed by atoms with van der Waals surface area (Å²) in [5.74, 6) is 2.43. The predicted molar refractivity (Wildman–Crippen MR) is 78.8 cm³/mol. The lowest BCUT2D eigenvalue weighted by atomic mass is 9.91. The molecule has 0 bridgehead atoms. The van der Waals surface area contributed by atoms with Crippen molar-refractivity contribution in [1.29, 1.82) is 0 Å². The Bertz CT molecular complexity index is 155. The zero-order valence-corrected chi connectivity index (χ0v) is 13.4. The molecule has 0 saturated carbocycles. The first-order chi connectivity index (χ1) is 6.82. The molecule has 0 aliphatic rings. The Morgan fingerprint density at radius 2 is 1.53 bits per heavy atom. The molecule has 2 heteroatoms. The van der Waals surface area contributed by atoms with Gasteiger partial charge in [-0.2, -0.15) is 0 Å². The normalized spacial score (nSPS) is 16.4. The quantitative estimate of drug-likeness (QED) is 0.504. The lowest BCUT2D eigenvalue weighted by Crippen LogP contribution is -2.32. The van der Waals surface area contributed by atoms with Gasteiger partial charge in [0.2, 0.25) is 0 Å². The van der Waals surface area contributed by atoms with E-state index in [2.05, 4.69) is 69.2 Å². The van der Waals surface area contributed by atoms with E-state index in [0.29, 0.717) is 0 Å². The van der Waals surface area contributed by atoms with Crippen molar-refractivity contribution in [3.05, 3.63) is 0 Å². The summed E-state index contributed by atoms with van der Waals surface area (Å²) in [6, 6.07) is 0. The van der Waals surface area contributed by atoms with Crippen LogP contribution in [0.3, 0.4) is 0 Å². The molecule has 0 radical (unpaired) electrons. The van der Waals surface area contributed by atoms with Gasteiger partial charge in [0.15, 0.2) is 0 Å². The van der Waals surface area contributed by atoms with Gasteiger partial charge in [0.05, 0.1) is 0 Å². The van der Waals surface area contributed by atoms with Crippen LogP contribution in [0.4, 0.5) is 0 Å². The van der Waals surface area contributed by atoms with Crippen LogP contribution >= 0.6 is 22.6 Å². The average Bonchev–Trinajstić information content (AvgIpc) is 1.99. The molecule has 0 heterocycles. The lowest BCUT2D eigenvalue weighted by Gasteiger charge is -2.28. The van der Waals surface area contributed by atoms with Crippen molar-refractivity contribution in [2.75, 3.05) is 20.1 Å². The standard InChI is InChI=1S/C13H28IN/c1-10(2)8-15(6)9-13(11(3)4)7-12(5)14/h10-13H,7-9H2,1-6H3. The van der Waals surface area contributed by atoms with Crippen LogP contribution in [-0.4, -0.2) is 29.0 Å². The highest BCUT2D eigenvalue weighted by molar-refractivity contribution is 14.1. The van der Waals surface area contributed by atoms with E-state index in [-0.39, 0.29) is 0 Å². The zero-order valence-electron chi connectivity index (χ0n) is 11.3. The van der Waals surface area contributed by atoms with Gasteiger partial charge in [-0.25, -0.2) is 0 Å². The fraction of sp³-hybridized carbons (Fsp3) is 1.00. The van der Waals surface area contributed by atoms with E-state index in [0.717, 1.165) is 21.7 Å². The van der Waals surface area contributed by atoms with Crippen LogP contribution in [0.2, 0.25) is 0 Å². The molecule has 15 heavy (non-hydrogen) atoms. The highest BCUT2D eigenvalue weighted by Gasteiger charge is 2.17. The first kappa shape index (κ1) is 15.7. The van der Waals surface area contributed by atoms with Crippen LogP contribution in [0.5, 0.6) is 0 Å². The molecule has 2 atom stereocenters. The third-order valence-corrected chi connectivity index (χ3v) is 3.30. The van der Waals surface area contributed by atoms with Crippen molar-refractivity contribution < 1.29 is 0 Å². The summed E-state index contributed by atoms with van der Waals surface area (Å²) in [7, 11) is 2.26. The van der Waals surface area contributed by atoms with Crippen LogP contribution in [0, 0.1) is 17.8 Å². The number of halogens is 1. The molecule has 0 fully saturated rings. The first-order valence-corrected chi connectivity index (χ1v) is 7.40. The Morgan fingerprint density at radius 1 is 1.00 bits per heavy atom. The molecule has 0 rings (SSSR count). The van der Waals surface area contributed by atoms with Gasteiger partial charge in [-0.1, -0.05) is 57.2 Å². The van der Waals surface area contributed by atoms with E-state index in [4.69, 9.17) is 0 Å². The van der Waals surface area contributed by atoms with Crippen molar-refractivity contribution in [3.63, 3.8) is 0 Å². The fourth-order valence-corrected chi connectivity index (χ4v) is 2.73. The lowest BCUT2D eigenvalue weighted by molar-refractivity contribution is 0.210. The molecule has 0 N–H and O–H groups in total. The Balaban J connectivity index is 4.04. The average molecular weight is 325 g/mol. The molecule has 92 valence electrons. The van der Waals surface area contributed by atoms with E-state index < -0.39 is 0 Å². The molecule has 0 aromatic carbocycles. The van der Waals surface area contributed by atoms with Gasteiger partial charge in [-0.15, -0.1) is 0 Å². The van der Waals surface area contributed by atoms with Crippen molar-refractivity contribution in [3.8, 4) is 0 Å². The van der Waals surface area contributed by atoms with E-state index >= 15 is 0 Å². The second-order valence-corrected chi connectivity index (χ2v) is 7.76. The third-order valence-electron chi connectivity index (χ3n) is 2.79. The summed E-state index contributed by atoms with van der Waals surface area (Å²) in [5.41, 5.74) is 0. The Hall–Kier alpha value is 0.690. The van der Waals surface area contributed by atoms with Gasteiger partial charge >= 0.3 is 0 Å². The molecule has 0 aliphatic carbocycles. The number of alkyl halides is 1. The van der Waals surface area contributed by atoms with E-state index in [9.17, 15) is 0 Å². The van der Waals surface area contributed by atoms with Gasteiger partial charge in [0, 0.05) is 17.0 Å². The SMILES string of the molecule is CC(C)CN(C)CC(CC(C)I)C(C)C. The van der Waals surface area contributed by atoms with Crippen LogP contribution < -0.4 is 0 Å². The van der Waals surface area contributed by atoms with Crippen LogP contribution in [0.15, 0.2) is 0 Å². The summed E-state index contributed by atoms with van der Waals surface area (Å²) in [6.45, 7) is 14.1. The summed E-state index contributed by atoms with van der Waals surface area (Å²) < 4.78 is 0.794. The molecule has 0 amide bonds. The summed E-state index contributed by atoms with van der Waals surface area (Å²) in [6.07, 6.45) is 1.35. The molecule has 0 spiro atoms. The zero-order chi connectivity index (χ0) is 12.0. The molecule has 0 aliphatic heterocycles. The second kappa shape index (κ2) is 7.88. The van der Waals surface area contributed by atoms with Crippen molar-refractivity contribution >= 4 is 22.6 Å². The van der Waals surface area contributed by atoms with Crippen LogP contribution in [-0.2, 0) is 0 Å². The minimum Gasteiger partial charge on any atom is -0.306 e. The predicted octanol–water partition coefficient (Wildman–Crippen LogP) is 4.06. The second-order valence-electron chi connectivity index (χ2n) is 5.64. The minimum atomic E-state index is 0.778. The van der Waals surface area contributed by atoms with Crippen molar-refractivity contribution in [1.82, 2.24) is 4.90 Å². The highest BCUT2D eigenvalue weighted by atomic mass is 127. The number of hydrogen-bond acceptors (Lipinski definition) is 1. The fourth-order valence-electron chi connectivity index (χ4n) is 2.07. The molecule has 0 aromatic heterocycles. The molecule has 0 aromatic rings. The van der Waals surface area contributed by atoms with Gasteiger partial charge in [-0.3, -0.25) is 0 Å². The van der Waals surface area contributed by atoms with Crippen molar-refractivity contribution in [2.24, 2.45) is 17.8 Å². The Labute approximate surface area is 110 Å². The third kappa shape index (κ3) is 8.49. The van der Waals surface area contributed by atoms with Gasteiger partial charge in [0.25, 0.3) is 0 Å². The molecular weight excluding hydrogens is 297 g/mol. The van der Waals surface area contributed by atoms with E-state index in [1.807, 2.05) is 0 Å². The summed E-state index contributed by atoms with van der Waals surface area (Å²) >= 11 is 2.54. The maximum Gasteiger partial charge on any atom is 0.00845 e. The molecule has 1 nitrogen and oxygen atoms in total. The van der Waals surface area contributed by atoms with Crippen LogP contribution in [0.1, 0.15) is 41.0 Å². The molecular formula is C13H28IN. The minimum absolute atomic E-state index is 0.778. The Morgan fingerprint density at radius 3 is 1.87 bits per heavy atom. The van der Waals surface area contributed by atoms with E-state index in [1.165, 1.54) is 19.5 Å². The maximum absolute atomic E-state index is 2.54. The van der Waals surface area contributed by atoms with Crippen LogP contribution in [0.25, 0.3) is 0 Å². The largest absolute Gasteiger partial charge is 0.306 e. The number of rotatable bonds is 7. The van der Waals surface area contributed by atoms with Crippen molar-refractivity contribution in [2.45, 2.75) is 45.0 Å². The Kier molecular flexibility index (Phi) is 8.24. The highest BCUT2D eigenvalue weighted by Crippen LogP contribution is 2.22. The van der Waals surface area contributed by atoms with E-state index in [1.54, 1.807) is 0 Å². The first-order valence-electron chi connectivity index (χ1n) is 6.15. The molecule has 0 saturated heterocycles. The van der Waals surface area contributed by atoms with Gasteiger partial charge in [-0.05, 0) is 31.2 Å². The topological polar surface area (TPSA) is 3.24 Å². The summed E-state index contributed by atoms with van der Waals surface area (Å²) in [5, 5.41) is 0. The summed E-state index contributed by atoms with van der Waals surface area (Å²) in [4.78, 5) is 2.49. The van der Waals surface area contributed by atoms with Gasteiger partial charge in [0.1, 0.15) is 0 Å². The number of hydrogen-bond donors (Lipinski definition) is 0. The maximum atomic E-state index is 2.54. The monoisotopic (exact) mass is 325 g/mol. The number of nitrogens with zero attached hydrogens (tertiary/aromatic N) is 1. The molecule has 2 unspecified atom stereocenters.